The molecule has 4 heteroatoms. The van der Waals surface area contributed by atoms with Gasteiger partial charge in [0.15, 0.2) is 5.78 Å². The van der Waals surface area contributed by atoms with Gasteiger partial charge in [-0.05, 0) is 19.1 Å². The van der Waals surface area contributed by atoms with Gasteiger partial charge in [-0.1, -0.05) is 18.2 Å². The molecule has 2 aromatic heterocycles. The predicted molar refractivity (Wildman–Crippen MR) is 70.6 cm³/mol. The van der Waals surface area contributed by atoms with E-state index in [0.29, 0.717) is 5.69 Å². The molecule has 0 aliphatic carbocycles. The summed E-state index contributed by atoms with van der Waals surface area (Å²) in [5.74, 6) is 0.0156. The molecule has 3 rings (SSSR count). The number of rotatable bonds is 2. The smallest absolute Gasteiger partial charge is 0.176 e. The van der Waals surface area contributed by atoms with Gasteiger partial charge in [0.25, 0.3) is 0 Å². The number of fused-ring (bicyclic) bond motifs is 1. The number of nitrogens with zero attached hydrogens (tertiary/aromatic N) is 1. The van der Waals surface area contributed by atoms with E-state index < -0.39 is 0 Å². The zero-order valence-electron chi connectivity index (χ0n) is 10.2. The average Bonchev–Trinajstić information content (AvgIpc) is 2.92. The van der Waals surface area contributed by atoms with Crippen LogP contribution in [0.4, 0.5) is 0 Å². The Morgan fingerprint density at radius 2 is 2.06 bits per heavy atom. The summed E-state index contributed by atoms with van der Waals surface area (Å²) in [5.41, 5.74) is 4.23. The number of aromatic amines is 2. The molecule has 0 amide bonds. The Morgan fingerprint density at radius 3 is 2.72 bits per heavy atom. The second-order valence-electron chi connectivity index (χ2n) is 4.41. The zero-order chi connectivity index (χ0) is 12.7. The number of ketones is 1. The fraction of sp³-hybridized carbons (Fsp3) is 0.143. The van der Waals surface area contributed by atoms with Gasteiger partial charge in [-0.15, -0.1) is 0 Å². The molecule has 1 aromatic carbocycles. The van der Waals surface area contributed by atoms with E-state index in [0.717, 1.165) is 27.9 Å². The summed E-state index contributed by atoms with van der Waals surface area (Å²) in [6.07, 6.45) is 0. The van der Waals surface area contributed by atoms with Gasteiger partial charge in [0.2, 0.25) is 0 Å². The molecule has 0 aliphatic rings. The lowest BCUT2D eigenvalue weighted by molar-refractivity contribution is 0.101. The van der Waals surface area contributed by atoms with Crippen LogP contribution in [-0.4, -0.2) is 21.0 Å². The lowest BCUT2D eigenvalue weighted by atomic mass is 10.1. The first kappa shape index (κ1) is 10.8. The summed E-state index contributed by atoms with van der Waals surface area (Å²) in [6.45, 7) is 3.51. The van der Waals surface area contributed by atoms with Crippen LogP contribution in [0.3, 0.4) is 0 Å². The Morgan fingerprint density at radius 1 is 1.28 bits per heavy atom. The fourth-order valence-electron chi connectivity index (χ4n) is 2.22. The van der Waals surface area contributed by atoms with E-state index in [1.54, 1.807) is 6.92 Å². The molecule has 0 saturated carbocycles. The number of aromatic nitrogens is 3. The highest BCUT2D eigenvalue weighted by atomic mass is 16.1. The first-order valence-corrected chi connectivity index (χ1v) is 5.81. The summed E-state index contributed by atoms with van der Waals surface area (Å²) in [6, 6.07) is 9.82. The van der Waals surface area contributed by atoms with Gasteiger partial charge in [-0.25, -0.2) is 0 Å². The first-order chi connectivity index (χ1) is 8.66. The van der Waals surface area contributed by atoms with Crippen molar-refractivity contribution in [3.63, 3.8) is 0 Å². The second kappa shape index (κ2) is 3.84. The van der Waals surface area contributed by atoms with Gasteiger partial charge in [-0.3, -0.25) is 9.89 Å². The standard InChI is InChI=1S/C14H13N3O/c1-8-7-12(17-16-8)13-10-5-3-4-6-11(10)15-14(13)9(2)18/h3-7,15H,1-2H3,(H,16,17). The Bertz CT molecular complexity index is 736. The van der Waals surface area contributed by atoms with Gasteiger partial charge in [0, 0.05) is 29.1 Å². The minimum absolute atomic E-state index is 0.0156. The summed E-state index contributed by atoms with van der Waals surface area (Å²) >= 11 is 0. The highest BCUT2D eigenvalue weighted by Gasteiger charge is 2.17. The van der Waals surface area contributed by atoms with Crippen LogP contribution in [0.1, 0.15) is 23.1 Å². The maximum Gasteiger partial charge on any atom is 0.176 e. The highest BCUT2D eigenvalue weighted by molar-refractivity contribution is 6.09. The molecule has 0 unspecified atom stereocenters. The van der Waals surface area contributed by atoms with Crippen LogP contribution in [0.15, 0.2) is 30.3 Å². The van der Waals surface area contributed by atoms with Crippen molar-refractivity contribution in [3.8, 4) is 11.3 Å². The molecule has 0 spiro atoms. The Balaban J connectivity index is 2.37. The summed E-state index contributed by atoms with van der Waals surface area (Å²) in [7, 11) is 0. The minimum Gasteiger partial charge on any atom is -0.352 e. The predicted octanol–water partition coefficient (Wildman–Crippen LogP) is 3.07. The van der Waals surface area contributed by atoms with Gasteiger partial charge in [-0.2, -0.15) is 5.10 Å². The van der Waals surface area contributed by atoms with Crippen LogP contribution in [-0.2, 0) is 0 Å². The number of para-hydroxylation sites is 1. The van der Waals surface area contributed by atoms with Crippen molar-refractivity contribution < 1.29 is 4.79 Å². The van der Waals surface area contributed by atoms with Crippen molar-refractivity contribution in [1.82, 2.24) is 15.2 Å². The summed E-state index contributed by atoms with van der Waals surface area (Å²) in [5, 5.41) is 8.19. The van der Waals surface area contributed by atoms with Crippen molar-refractivity contribution in [2.45, 2.75) is 13.8 Å². The van der Waals surface area contributed by atoms with Crippen molar-refractivity contribution in [1.29, 1.82) is 0 Å². The molecule has 90 valence electrons. The van der Waals surface area contributed by atoms with Gasteiger partial charge >= 0.3 is 0 Å². The van der Waals surface area contributed by atoms with Crippen molar-refractivity contribution in [2.24, 2.45) is 0 Å². The molecular formula is C14H13N3O. The number of aryl methyl sites for hydroxylation is 1. The summed E-state index contributed by atoms with van der Waals surface area (Å²) in [4.78, 5) is 14.9. The van der Waals surface area contributed by atoms with E-state index in [4.69, 9.17) is 0 Å². The Labute approximate surface area is 104 Å². The fourth-order valence-corrected chi connectivity index (χ4v) is 2.22. The third-order valence-electron chi connectivity index (χ3n) is 3.02. The number of hydrogen-bond acceptors (Lipinski definition) is 2. The molecule has 0 bridgehead atoms. The number of nitrogens with one attached hydrogen (secondary N) is 2. The van der Waals surface area contributed by atoms with Crippen LogP contribution in [0.5, 0.6) is 0 Å². The molecule has 2 heterocycles. The third-order valence-corrected chi connectivity index (χ3v) is 3.02. The quantitative estimate of drug-likeness (QED) is 0.675. The van der Waals surface area contributed by atoms with E-state index in [1.807, 2.05) is 37.3 Å². The second-order valence-corrected chi connectivity index (χ2v) is 4.41. The number of carbonyl (C=O) groups is 1. The van der Waals surface area contributed by atoms with E-state index in [2.05, 4.69) is 15.2 Å². The van der Waals surface area contributed by atoms with Crippen LogP contribution >= 0.6 is 0 Å². The molecule has 18 heavy (non-hydrogen) atoms. The van der Waals surface area contributed by atoms with Crippen LogP contribution < -0.4 is 0 Å². The van der Waals surface area contributed by atoms with Gasteiger partial charge in [0.1, 0.15) is 0 Å². The van der Waals surface area contributed by atoms with E-state index in [1.165, 1.54) is 0 Å². The lowest BCUT2D eigenvalue weighted by Crippen LogP contribution is -1.95. The highest BCUT2D eigenvalue weighted by Crippen LogP contribution is 2.31. The first-order valence-electron chi connectivity index (χ1n) is 5.81. The van der Waals surface area contributed by atoms with Crippen LogP contribution in [0.25, 0.3) is 22.2 Å². The average molecular weight is 239 g/mol. The number of Topliss-reactive ketones (excluding diaryl/α,β-unsaturated/α-hetero) is 1. The topological polar surface area (TPSA) is 61.5 Å². The molecule has 0 fully saturated rings. The molecule has 3 aromatic rings. The number of hydrogen-bond donors (Lipinski definition) is 2. The molecule has 0 radical (unpaired) electrons. The third kappa shape index (κ3) is 1.54. The van der Waals surface area contributed by atoms with Gasteiger partial charge in [0.05, 0.1) is 11.4 Å². The normalized spacial score (nSPS) is 11.0. The summed E-state index contributed by atoms with van der Waals surface area (Å²) < 4.78 is 0. The maximum absolute atomic E-state index is 11.7. The minimum atomic E-state index is 0.0156. The molecule has 0 aliphatic heterocycles. The van der Waals surface area contributed by atoms with Crippen molar-refractivity contribution >= 4 is 16.7 Å². The van der Waals surface area contributed by atoms with E-state index in [9.17, 15) is 4.79 Å². The van der Waals surface area contributed by atoms with E-state index in [-0.39, 0.29) is 5.78 Å². The maximum atomic E-state index is 11.7. The lowest BCUT2D eigenvalue weighted by Gasteiger charge is -1.97. The molecule has 0 atom stereocenters. The molecular weight excluding hydrogens is 226 g/mol. The van der Waals surface area contributed by atoms with Crippen molar-refractivity contribution in [2.75, 3.05) is 0 Å². The Hall–Kier alpha value is -2.36. The number of carbonyl (C=O) groups excluding carboxylic acids is 1. The van der Waals surface area contributed by atoms with Gasteiger partial charge < -0.3 is 4.98 Å². The monoisotopic (exact) mass is 239 g/mol. The Kier molecular flexibility index (Phi) is 2.30. The number of benzene rings is 1. The number of H-pyrrole nitrogens is 2. The van der Waals surface area contributed by atoms with Crippen LogP contribution in [0, 0.1) is 6.92 Å². The SMILES string of the molecule is CC(=O)c1[nH]c2ccccc2c1-c1cc(C)[nH]n1. The molecule has 4 nitrogen and oxygen atoms in total. The largest absolute Gasteiger partial charge is 0.352 e. The van der Waals surface area contributed by atoms with Crippen LogP contribution in [0.2, 0.25) is 0 Å². The molecule has 2 N–H and O–H groups in total. The zero-order valence-corrected chi connectivity index (χ0v) is 10.2. The van der Waals surface area contributed by atoms with Crippen molar-refractivity contribution in [3.05, 3.63) is 41.7 Å². The molecule has 0 saturated heterocycles. The van der Waals surface area contributed by atoms with E-state index >= 15 is 0 Å².